The Hall–Kier alpha value is -0.540. The Labute approximate surface area is 132 Å². The highest BCUT2D eigenvalue weighted by Gasteiger charge is 2.22. The van der Waals surface area contributed by atoms with Gasteiger partial charge in [-0.3, -0.25) is 0 Å². The largest absolute Gasteiger partial charge is 0.497 e. The number of hydrogen-bond donors (Lipinski definition) is 1. The summed E-state index contributed by atoms with van der Waals surface area (Å²) in [4.78, 5) is 0. The summed E-state index contributed by atoms with van der Waals surface area (Å²) in [7, 11) is 1.71. The average Bonchev–Trinajstić information content (AvgIpc) is 2.47. The maximum atomic E-state index is 5.29. The zero-order valence-electron chi connectivity index (χ0n) is 13.2. The van der Waals surface area contributed by atoms with Crippen LogP contribution in [0.25, 0.3) is 0 Å². The lowest BCUT2D eigenvalue weighted by atomic mass is 9.87. The zero-order chi connectivity index (χ0) is 15.0. The van der Waals surface area contributed by atoms with Crippen molar-refractivity contribution in [2.45, 2.75) is 52.5 Å². The van der Waals surface area contributed by atoms with E-state index in [1.807, 2.05) is 0 Å². The molecule has 0 heterocycles. The van der Waals surface area contributed by atoms with E-state index >= 15 is 0 Å². The summed E-state index contributed by atoms with van der Waals surface area (Å²) in [6.07, 6.45) is 5.05. The summed E-state index contributed by atoms with van der Waals surface area (Å²) in [6.45, 7) is 7.73. The van der Waals surface area contributed by atoms with Gasteiger partial charge in [-0.2, -0.15) is 0 Å². The summed E-state index contributed by atoms with van der Waals surface area (Å²) in [5.74, 6) is 1.58. The van der Waals surface area contributed by atoms with Crippen LogP contribution in [0.1, 0.15) is 58.1 Å². The van der Waals surface area contributed by atoms with E-state index in [1.165, 1.54) is 31.2 Å². The Morgan fingerprint density at radius 1 is 1.25 bits per heavy atom. The number of halogens is 1. The van der Waals surface area contributed by atoms with Crippen LogP contribution in [-0.2, 0) is 0 Å². The van der Waals surface area contributed by atoms with Gasteiger partial charge in [0.05, 0.1) is 7.11 Å². The third-order valence-corrected chi connectivity index (χ3v) is 4.58. The lowest BCUT2D eigenvalue weighted by Gasteiger charge is -2.28. The van der Waals surface area contributed by atoms with E-state index in [4.69, 9.17) is 4.74 Å². The number of methoxy groups -OCH3 is 1. The first-order chi connectivity index (χ1) is 9.67. The predicted molar refractivity (Wildman–Crippen MR) is 90.4 cm³/mol. The fraction of sp³-hybridized carbons (Fsp3) is 0.647. The van der Waals surface area contributed by atoms with Crippen molar-refractivity contribution in [3.8, 4) is 5.75 Å². The van der Waals surface area contributed by atoms with Gasteiger partial charge in [-0.05, 0) is 36.6 Å². The van der Waals surface area contributed by atoms with Crippen molar-refractivity contribution in [2.24, 2.45) is 5.92 Å². The maximum absolute atomic E-state index is 5.29. The Balaban J connectivity index is 2.98. The topological polar surface area (TPSA) is 21.3 Å². The van der Waals surface area contributed by atoms with Crippen molar-refractivity contribution in [1.29, 1.82) is 0 Å². The smallest absolute Gasteiger partial charge is 0.120 e. The molecule has 2 nitrogen and oxygen atoms in total. The summed E-state index contributed by atoms with van der Waals surface area (Å²) < 4.78 is 6.43. The fourth-order valence-corrected chi connectivity index (χ4v) is 3.31. The Morgan fingerprint density at radius 3 is 2.50 bits per heavy atom. The molecule has 2 atom stereocenters. The van der Waals surface area contributed by atoms with Crippen LogP contribution < -0.4 is 10.1 Å². The molecule has 0 bridgehead atoms. The quantitative estimate of drug-likeness (QED) is 0.655. The first kappa shape index (κ1) is 17.5. The normalized spacial score (nSPS) is 14.1. The molecule has 114 valence electrons. The van der Waals surface area contributed by atoms with Crippen LogP contribution in [0.3, 0.4) is 0 Å². The monoisotopic (exact) mass is 341 g/mol. The molecule has 0 radical (unpaired) electrons. The Morgan fingerprint density at radius 2 is 2.00 bits per heavy atom. The summed E-state index contributed by atoms with van der Waals surface area (Å²) in [6, 6.07) is 6.71. The lowest BCUT2D eigenvalue weighted by Crippen LogP contribution is -2.28. The van der Waals surface area contributed by atoms with E-state index in [1.54, 1.807) is 7.11 Å². The van der Waals surface area contributed by atoms with E-state index in [-0.39, 0.29) is 0 Å². The van der Waals surface area contributed by atoms with Crippen molar-refractivity contribution < 1.29 is 4.74 Å². The highest BCUT2D eigenvalue weighted by Crippen LogP contribution is 2.35. The molecule has 1 aromatic rings. The molecular formula is C17H28BrNO. The second kappa shape index (κ2) is 9.41. The number of rotatable bonds is 9. The highest BCUT2D eigenvalue weighted by atomic mass is 79.9. The predicted octanol–water partition coefficient (Wildman–Crippen LogP) is 5.32. The van der Waals surface area contributed by atoms with Crippen LogP contribution in [0, 0.1) is 5.92 Å². The minimum Gasteiger partial charge on any atom is -0.497 e. The molecule has 0 aliphatic carbocycles. The molecule has 1 N–H and O–H groups in total. The fourth-order valence-electron chi connectivity index (χ4n) is 2.71. The van der Waals surface area contributed by atoms with Crippen molar-refractivity contribution in [3.63, 3.8) is 0 Å². The van der Waals surface area contributed by atoms with Gasteiger partial charge in [0.25, 0.3) is 0 Å². The summed E-state index contributed by atoms with van der Waals surface area (Å²) in [5.41, 5.74) is 1.34. The second-order valence-electron chi connectivity index (χ2n) is 5.23. The zero-order valence-corrected chi connectivity index (χ0v) is 14.8. The number of nitrogens with one attached hydrogen (secondary N) is 1. The van der Waals surface area contributed by atoms with E-state index in [0.717, 1.165) is 16.8 Å². The van der Waals surface area contributed by atoms with Crippen molar-refractivity contribution >= 4 is 15.9 Å². The van der Waals surface area contributed by atoms with Gasteiger partial charge in [-0.15, -0.1) is 0 Å². The minimum absolute atomic E-state index is 0.414. The second-order valence-corrected chi connectivity index (χ2v) is 6.09. The Kier molecular flexibility index (Phi) is 8.24. The molecule has 0 saturated carbocycles. The first-order valence-electron chi connectivity index (χ1n) is 7.74. The van der Waals surface area contributed by atoms with Gasteiger partial charge in [0, 0.05) is 10.5 Å². The van der Waals surface area contributed by atoms with Crippen LogP contribution in [-0.4, -0.2) is 13.7 Å². The van der Waals surface area contributed by atoms with Crippen LogP contribution in [0.2, 0.25) is 0 Å². The van der Waals surface area contributed by atoms with Gasteiger partial charge in [0.1, 0.15) is 5.75 Å². The van der Waals surface area contributed by atoms with Crippen LogP contribution in [0.5, 0.6) is 5.75 Å². The SMILES string of the molecule is CCCCC(CC)C(NCC)c1ccc(OC)cc1Br. The van der Waals surface area contributed by atoms with Crippen LogP contribution in [0.15, 0.2) is 22.7 Å². The van der Waals surface area contributed by atoms with E-state index in [0.29, 0.717) is 12.0 Å². The maximum Gasteiger partial charge on any atom is 0.120 e. The number of ether oxygens (including phenoxy) is 1. The standard InChI is InChI=1S/C17H28BrNO/c1-5-8-9-13(6-2)17(19-7-3)15-11-10-14(20-4)12-16(15)18/h10-13,17,19H,5-9H2,1-4H3. The van der Waals surface area contributed by atoms with Gasteiger partial charge in [-0.1, -0.05) is 62.0 Å². The summed E-state index contributed by atoms with van der Waals surface area (Å²) in [5, 5.41) is 3.67. The molecule has 3 heteroatoms. The number of benzene rings is 1. The van der Waals surface area contributed by atoms with Crippen molar-refractivity contribution in [1.82, 2.24) is 5.32 Å². The van der Waals surface area contributed by atoms with Crippen LogP contribution in [0.4, 0.5) is 0 Å². The number of hydrogen-bond acceptors (Lipinski definition) is 2. The van der Waals surface area contributed by atoms with E-state index in [9.17, 15) is 0 Å². The summed E-state index contributed by atoms with van der Waals surface area (Å²) >= 11 is 3.70. The highest BCUT2D eigenvalue weighted by molar-refractivity contribution is 9.10. The van der Waals surface area contributed by atoms with Crippen molar-refractivity contribution in [3.05, 3.63) is 28.2 Å². The van der Waals surface area contributed by atoms with Gasteiger partial charge in [-0.25, -0.2) is 0 Å². The van der Waals surface area contributed by atoms with E-state index in [2.05, 4.69) is 60.2 Å². The van der Waals surface area contributed by atoms with Gasteiger partial charge >= 0.3 is 0 Å². The molecule has 1 rings (SSSR count). The number of unbranched alkanes of at least 4 members (excludes halogenated alkanes) is 1. The molecule has 2 unspecified atom stereocenters. The molecule has 0 aliphatic heterocycles. The van der Waals surface area contributed by atoms with Gasteiger partial charge in [0.2, 0.25) is 0 Å². The van der Waals surface area contributed by atoms with E-state index < -0.39 is 0 Å². The molecule has 0 spiro atoms. The minimum atomic E-state index is 0.414. The molecule has 0 aliphatic rings. The molecule has 0 fully saturated rings. The van der Waals surface area contributed by atoms with Crippen molar-refractivity contribution in [2.75, 3.05) is 13.7 Å². The molecule has 0 aromatic heterocycles. The molecule has 0 amide bonds. The Bertz CT molecular complexity index is 395. The molecular weight excluding hydrogens is 314 g/mol. The third kappa shape index (κ3) is 4.78. The first-order valence-corrected chi connectivity index (χ1v) is 8.53. The molecule has 1 aromatic carbocycles. The van der Waals surface area contributed by atoms with Crippen LogP contribution >= 0.6 is 15.9 Å². The van der Waals surface area contributed by atoms with Gasteiger partial charge in [0.15, 0.2) is 0 Å². The lowest BCUT2D eigenvalue weighted by molar-refractivity contribution is 0.326. The molecule has 0 saturated heterocycles. The average molecular weight is 342 g/mol. The van der Waals surface area contributed by atoms with Gasteiger partial charge < -0.3 is 10.1 Å². The third-order valence-electron chi connectivity index (χ3n) is 3.89. The molecule has 20 heavy (non-hydrogen) atoms.